The first-order chi connectivity index (χ1) is 11.1. The fourth-order valence-electron chi connectivity index (χ4n) is 2.47. The molecular formula is C20H23NO2. The SMILES string of the molecule is CCC(C)c1ccccc1NC(=O)CCC(=O)c1ccccc1. The molecule has 1 amide bonds. The van der Waals surface area contributed by atoms with Crippen LogP contribution in [0.25, 0.3) is 0 Å². The quantitative estimate of drug-likeness (QED) is 0.747. The molecule has 1 atom stereocenters. The van der Waals surface area contributed by atoms with E-state index in [9.17, 15) is 9.59 Å². The first-order valence-corrected chi connectivity index (χ1v) is 8.08. The fraction of sp³-hybridized carbons (Fsp3) is 0.300. The smallest absolute Gasteiger partial charge is 0.224 e. The summed E-state index contributed by atoms with van der Waals surface area (Å²) in [5, 5.41) is 2.94. The number of para-hydroxylation sites is 1. The van der Waals surface area contributed by atoms with E-state index < -0.39 is 0 Å². The van der Waals surface area contributed by atoms with Gasteiger partial charge in [0.05, 0.1) is 0 Å². The molecule has 2 aromatic rings. The molecular weight excluding hydrogens is 286 g/mol. The van der Waals surface area contributed by atoms with Crippen molar-refractivity contribution in [3.63, 3.8) is 0 Å². The van der Waals surface area contributed by atoms with Crippen LogP contribution in [0.15, 0.2) is 54.6 Å². The third kappa shape index (κ3) is 4.78. The van der Waals surface area contributed by atoms with E-state index >= 15 is 0 Å². The van der Waals surface area contributed by atoms with Crippen LogP contribution in [0.4, 0.5) is 5.69 Å². The second kappa shape index (κ2) is 8.28. The minimum Gasteiger partial charge on any atom is -0.326 e. The Morgan fingerprint density at radius 3 is 2.30 bits per heavy atom. The molecule has 0 aliphatic heterocycles. The van der Waals surface area contributed by atoms with E-state index in [4.69, 9.17) is 0 Å². The monoisotopic (exact) mass is 309 g/mol. The topological polar surface area (TPSA) is 46.2 Å². The van der Waals surface area contributed by atoms with E-state index in [0.29, 0.717) is 11.5 Å². The van der Waals surface area contributed by atoms with Gasteiger partial charge in [0, 0.05) is 24.1 Å². The van der Waals surface area contributed by atoms with Crippen molar-refractivity contribution in [2.45, 2.75) is 39.0 Å². The predicted octanol–water partition coefficient (Wildman–Crippen LogP) is 4.80. The lowest BCUT2D eigenvalue weighted by atomic mass is 9.97. The number of rotatable bonds is 7. The van der Waals surface area contributed by atoms with Gasteiger partial charge in [0.25, 0.3) is 0 Å². The number of nitrogens with one attached hydrogen (secondary N) is 1. The summed E-state index contributed by atoms with van der Waals surface area (Å²) in [6, 6.07) is 16.9. The van der Waals surface area contributed by atoms with Gasteiger partial charge in [0.15, 0.2) is 5.78 Å². The van der Waals surface area contributed by atoms with E-state index in [1.165, 1.54) is 0 Å². The van der Waals surface area contributed by atoms with Gasteiger partial charge in [-0.3, -0.25) is 9.59 Å². The fourth-order valence-corrected chi connectivity index (χ4v) is 2.47. The number of Topliss-reactive ketones (excluding diaryl/α,β-unsaturated/α-hetero) is 1. The molecule has 0 aliphatic rings. The molecule has 0 aliphatic carbocycles. The van der Waals surface area contributed by atoms with Crippen molar-refractivity contribution >= 4 is 17.4 Å². The van der Waals surface area contributed by atoms with E-state index in [0.717, 1.165) is 17.7 Å². The minimum absolute atomic E-state index is 0.00374. The van der Waals surface area contributed by atoms with Gasteiger partial charge < -0.3 is 5.32 Å². The summed E-state index contributed by atoms with van der Waals surface area (Å²) in [5.74, 6) is 0.262. The highest BCUT2D eigenvalue weighted by molar-refractivity contribution is 6.00. The van der Waals surface area contributed by atoms with Crippen molar-refractivity contribution in [1.29, 1.82) is 0 Å². The summed E-state index contributed by atoms with van der Waals surface area (Å²) >= 11 is 0. The summed E-state index contributed by atoms with van der Waals surface area (Å²) < 4.78 is 0. The molecule has 0 radical (unpaired) electrons. The van der Waals surface area contributed by atoms with Crippen LogP contribution in [0, 0.1) is 0 Å². The summed E-state index contributed by atoms with van der Waals surface area (Å²) in [5.41, 5.74) is 2.64. The zero-order valence-electron chi connectivity index (χ0n) is 13.7. The van der Waals surface area contributed by atoms with Gasteiger partial charge in [-0.25, -0.2) is 0 Å². The third-order valence-corrected chi connectivity index (χ3v) is 4.05. The summed E-state index contributed by atoms with van der Waals surface area (Å²) in [7, 11) is 0. The number of hydrogen-bond acceptors (Lipinski definition) is 2. The molecule has 2 rings (SSSR count). The molecule has 3 heteroatoms. The van der Waals surface area contributed by atoms with E-state index in [1.54, 1.807) is 12.1 Å². The Bertz CT molecular complexity index is 664. The van der Waals surface area contributed by atoms with Crippen molar-refractivity contribution in [1.82, 2.24) is 0 Å². The Morgan fingerprint density at radius 2 is 1.61 bits per heavy atom. The number of amides is 1. The van der Waals surface area contributed by atoms with Crippen LogP contribution in [0.1, 0.15) is 54.9 Å². The number of hydrogen-bond donors (Lipinski definition) is 1. The number of benzene rings is 2. The molecule has 1 N–H and O–H groups in total. The standard InChI is InChI=1S/C20H23NO2/c1-3-15(2)17-11-7-8-12-18(17)21-20(23)14-13-19(22)16-9-5-4-6-10-16/h4-12,15H,3,13-14H2,1-2H3,(H,21,23). The average Bonchev–Trinajstić information content (AvgIpc) is 2.60. The van der Waals surface area contributed by atoms with Gasteiger partial charge >= 0.3 is 0 Å². The Hall–Kier alpha value is -2.42. The van der Waals surface area contributed by atoms with E-state index in [2.05, 4.69) is 19.2 Å². The zero-order valence-corrected chi connectivity index (χ0v) is 13.7. The highest BCUT2D eigenvalue weighted by Gasteiger charge is 2.12. The first kappa shape index (κ1) is 16.9. The van der Waals surface area contributed by atoms with Crippen LogP contribution >= 0.6 is 0 Å². The molecule has 0 heterocycles. The molecule has 2 aromatic carbocycles. The van der Waals surface area contributed by atoms with Crippen molar-refractivity contribution in [2.75, 3.05) is 5.32 Å². The highest BCUT2D eigenvalue weighted by atomic mass is 16.2. The molecule has 3 nitrogen and oxygen atoms in total. The first-order valence-electron chi connectivity index (χ1n) is 8.08. The van der Waals surface area contributed by atoms with Gasteiger partial charge in [-0.05, 0) is 24.0 Å². The maximum absolute atomic E-state index is 12.1. The summed E-state index contributed by atoms with van der Waals surface area (Å²) in [6.45, 7) is 4.27. The lowest BCUT2D eigenvalue weighted by Gasteiger charge is -2.15. The molecule has 0 aromatic heterocycles. The predicted molar refractivity (Wildman–Crippen MR) is 93.8 cm³/mol. The normalized spacial score (nSPS) is 11.7. The molecule has 120 valence electrons. The highest BCUT2D eigenvalue weighted by Crippen LogP contribution is 2.26. The Balaban J connectivity index is 1.94. The maximum atomic E-state index is 12.1. The van der Waals surface area contributed by atoms with Crippen molar-refractivity contribution < 1.29 is 9.59 Å². The van der Waals surface area contributed by atoms with Crippen molar-refractivity contribution in [3.8, 4) is 0 Å². The number of ketones is 1. The Labute approximate surface area is 137 Å². The molecule has 0 fully saturated rings. The van der Waals surface area contributed by atoms with Gasteiger partial charge in [0.1, 0.15) is 0 Å². The molecule has 0 saturated carbocycles. The van der Waals surface area contributed by atoms with Crippen LogP contribution in [-0.2, 0) is 4.79 Å². The van der Waals surface area contributed by atoms with Gasteiger partial charge in [-0.1, -0.05) is 62.4 Å². The van der Waals surface area contributed by atoms with Gasteiger partial charge in [-0.15, -0.1) is 0 Å². The van der Waals surface area contributed by atoms with E-state index in [1.807, 2.05) is 42.5 Å². The number of carbonyl (C=O) groups is 2. The second-order valence-corrected chi connectivity index (χ2v) is 5.73. The third-order valence-electron chi connectivity index (χ3n) is 4.05. The Kier molecular flexibility index (Phi) is 6.10. The van der Waals surface area contributed by atoms with Gasteiger partial charge in [-0.2, -0.15) is 0 Å². The molecule has 23 heavy (non-hydrogen) atoms. The molecule has 0 spiro atoms. The van der Waals surface area contributed by atoms with Crippen LogP contribution in [0.5, 0.6) is 0 Å². The maximum Gasteiger partial charge on any atom is 0.224 e. The molecule has 1 unspecified atom stereocenters. The average molecular weight is 309 g/mol. The van der Waals surface area contributed by atoms with Crippen LogP contribution in [-0.4, -0.2) is 11.7 Å². The minimum atomic E-state index is -0.120. The van der Waals surface area contributed by atoms with Crippen LogP contribution < -0.4 is 5.32 Å². The lowest BCUT2D eigenvalue weighted by molar-refractivity contribution is -0.116. The number of carbonyl (C=O) groups excluding carboxylic acids is 2. The summed E-state index contributed by atoms with van der Waals surface area (Å²) in [4.78, 5) is 24.2. The second-order valence-electron chi connectivity index (χ2n) is 5.73. The molecule has 0 bridgehead atoms. The Morgan fingerprint density at radius 1 is 0.957 bits per heavy atom. The van der Waals surface area contributed by atoms with Crippen molar-refractivity contribution in [3.05, 3.63) is 65.7 Å². The lowest BCUT2D eigenvalue weighted by Crippen LogP contribution is -2.15. The summed E-state index contributed by atoms with van der Waals surface area (Å²) in [6.07, 6.45) is 1.43. The van der Waals surface area contributed by atoms with Crippen molar-refractivity contribution in [2.24, 2.45) is 0 Å². The largest absolute Gasteiger partial charge is 0.326 e. The van der Waals surface area contributed by atoms with Gasteiger partial charge in [0.2, 0.25) is 5.91 Å². The van der Waals surface area contributed by atoms with Crippen LogP contribution in [0.3, 0.4) is 0 Å². The van der Waals surface area contributed by atoms with Crippen LogP contribution in [0.2, 0.25) is 0 Å². The molecule has 0 saturated heterocycles. The number of anilines is 1. The van der Waals surface area contributed by atoms with E-state index in [-0.39, 0.29) is 24.5 Å². The zero-order chi connectivity index (χ0) is 16.7.